The number of methoxy groups -OCH3 is 1. The molecule has 0 aliphatic heterocycles. The van der Waals surface area contributed by atoms with Gasteiger partial charge in [0.05, 0.1) is 12.8 Å². The Hall–Kier alpha value is -3.29. The van der Waals surface area contributed by atoms with E-state index in [-0.39, 0.29) is 5.97 Å². The molecule has 1 heterocycles. The molecular weight excluding hydrogens is 334 g/mol. The first-order valence-electron chi connectivity index (χ1n) is 8.16. The number of carbonyl (C=O) groups is 1. The van der Waals surface area contributed by atoms with Crippen LogP contribution in [0.1, 0.15) is 18.7 Å². The third-order valence-corrected chi connectivity index (χ3v) is 3.43. The number of nitrogens with two attached hydrogens (primary N) is 1. The first kappa shape index (κ1) is 19.0. The summed E-state index contributed by atoms with van der Waals surface area (Å²) < 4.78 is 10.2. The van der Waals surface area contributed by atoms with Crippen molar-refractivity contribution in [2.45, 2.75) is 12.8 Å². The second kappa shape index (κ2) is 9.87. The molecule has 0 bridgehead atoms. The fraction of sp³-hybridized carbons (Fsp3) is 0.278. The van der Waals surface area contributed by atoms with E-state index in [1.807, 2.05) is 24.3 Å². The van der Waals surface area contributed by atoms with Crippen LogP contribution >= 0.6 is 0 Å². The van der Waals surface area contributed by atoms with Crippen molar-refractivity contribution >= 4 is 28.7 Å². The highest BCUT2D eigenvalue weighted by Gasteiger charge is 2.06. The molecule has 0 saturated carbocycles. The molecule has 26 heavy (non-hydrogen) atoms. The standard InChI is InChI=1S/C18H23N5O3/c1-20-18(22-12-6-10-16(24)25-2)21-11-5-7-13(19)17-23-14-8-3-4-9-15(14)26-17/h3-5,7-9,11H,6,10,12,19H2,1-2H3,(H2,20,21,22). The van der Waals surface area contributed by atoms with E-state index in [1.165, 1.54) is 7.11 Å². The number of nitrogens with one attached hydrogen (secondary N) is 2. The second-order valence-electron chi connectivity index (χ2n) is 5.29. The predicted molar refractivity (Wildman–Crippen MR) is 101 cm³/mol. The predicted octanol–water partition coefficient (Wildman–Crippen LogP) is 1.76. The Labute approximate surface area is 151 Å². The number of oxazole rings is 1. The molecule has 2 rings (SSSR count). The largest absolute Gasteiger partial charge is 0.469 e. The van der Waals surface area contributed by atoms with Crippen LogP contribution in [0.5, 0.6) is 0 Å². The molecule has 0 atom stereocenters. The lowest BCUT2D eigenvalue weighted by atomic mass is 10.3. The number of hydrogen-bond acceptors (Lipinski definition) is 6. The molecule has 0 saturated heterocycles. The topological polar surface area (TPSA) is 115 Å². The number of aromatic nitrogens is 1. The first-order valence-corrected chi connectivity index (χ1v) is 8.16. The van der Waals surface area contributed by atoms with Gasteiger partial charge in [0.1, 0.15) is 5.52 Å². The molecule has 4 N–H and O–H groups in total. The highest BCUT2D eigenvalue weighted by atomic mass is 16.5. The molecule has 0 fully saturated rings. The number of esters is 1. The van der Waals surface area contributed by atoms with Gasteiger partial charge in [-0.1, -0.05) is 12.1 Å². The third kappa shape index (κ3) is 5.66. The smallest absolute Gasteiger partial charge is 0.305 e. The van der Waals surface area contributed by atoms with Crippen LogP contribution in [0.15, 0.2) is 52.0 Å². The molecule has 8 nitrogen and oxygen atoms in total. The Morgan fingerprint density at radius 1 is 1.42 bits per heavy atom. The number of para-hydroxylation sites is 2. The van der Waals surface area contributed by atoms with Crippen LogP contribution in [0.25, 0.3) is 16.8 Å². The molecule has 0 unspecified atom stereocenters. The van der Waals surface area contributed by atoms with Gasteiger partial charge in [0.15, 0.2) is 11.5 Å². The van der Waals surface area contributed by atoms with E-state index in [2.05, 4.69) is 25.3 Å². The molecule has 138 valence electrons. The molecule has 0 radical (unpaired) electrons. The first-order chi connectivity index (χ1) is 12.6. The summed E-state index contributed by atoms with van der Waals surface area (Å²) in [6, 6.07) is 7.47. The van der Waals surface area contributed by atoms with Crippen LogP contribution in [0.2, 0.25) is 0 Å². The van der Waals surface area contributed by atoms with E-state index < -0.39 is 0 Å². The van der Waals surface area contributed by atoms with E-state index in [4.69, 9.17) is 10.2 Å². The molecule has 8 heteroatoms. The number of benzene rings is 1. The zero-order valence-electron chi connectivity index (χ0n) is 14.9. The van der Waals surface area contributed by atoms with Crippen molar-refractivity contribution in [2.75, 3.05) is 20.7 Å². The Kier molecular flexibility index (Phi) is 7.23. The van der Waals surface area contributed by atoms with E-state index in [0.717, 1.165) is 5.52 Å². The van der Waals surface area contributed by atoms with Gasteiger partial charge >= 0.3 is 5.97 Å². The average Bonchev–Trinajstić information content (AvgIpc) is 3.10. The summed E-state index contributed by atoms with van der Waals surface area (Å²) in [6.07, 6.45) is 6.11. The summed E-state index contributed by atoms with van der Waals surface area (Å²) in [5.74, 6) is 0.732. The Bertz CT molecular complexity index is 790. The van der Waals surface area contributed by atoms with Gasteiger partial charge in [-0.3, -0.25) is 9.79 Å². The van der Waals surface area contributed by atoms with Gasteiger partial charge in [0, 0.05) is 26.2 Å². The Balaban J connectivity index is 1.82. The molecule has 0 spiro atoms. The summed E-state index contributed by atoms with van der Waals surface area (Å²) in [5.41, 5.74) is 7.85. The Morgan fingerprint density at radius 3 is 2.96 bits per heavy atom. The van der Waals surface area contributed by atoms with Crippen LogP contribution in [-0.4, -0.2) is 37.6 Å². The van der Waals surface area contributed by atoms with Gasteiger partial charge in [0.25, 0.3) is 0 Å². The van der Waals surface area contributed by atoms with Gasteiger partial charge in [0.2, 0.25) is 5.89 Å². The van der Waals surface area contributed by atoms with Crippen LogP contribution in [0.4, 0.5) is 0 Å². The van der Waals surface area contributed by atoms with Crippen molar-refractivity contribution in [2.24, 2.45) is 10.7 Å². The number of ether oxygens (including phenoxy) is 1. The summed E-state index contributed by atoms with van der Waals surface area (Å²) in [4.78, 5) is 19.4. The maximum atomic E-state index is 11.0. The molecule has 0 aliphatic carbocycles. The third-order valence-electron chi connectivity index (χ3n) is 3.43. The zero-order valence-corrected chi connectivity index (χ0v) is 14.9. The van der Waals surface area contributed by atoms with E-state index in [1.54, 1.807) is 25.4 Å². The number of rotatable bonds is 7. The van der Waals surface area contributed by atoms with Gasteiger partial charge in [-0.25, -0.2) is 4.98 Å². The summed E-state index contributed by atoms with van der Waals surface area (Å²) in [6.45, 7) is 0.601. The van der Waals surface area contributed by atoms with Gasteiger partial charge in [-0.2, -0.15) is 0 Å². The number of nitrogens with zero attached hydrogens (tertiary/aromatic N) is 2. The second-order valence-corrected chi connectivity index (χ2v) is 5.29. The molecule has 0 aliphatic rings. The molecular formula is C18H23N5O3. The highest BCUT2D eigenvalue weighted by Crippen LogP contribution is 2.17. The van der Waals surface area contributed by atoms with Crippen molar-refractivity contribution in [1.82, 2.24) is 15.6 Å². The lowest BCUT2D eigenvalue weighted by Gasteiger charge is -2.08. The summed E-state index contributed by atoms with van der Waals surface area (Å²) in [7, 11) is 3.03. The van der Waals surface area contributed by atoms with Crippen molar-refractivity contribution in [1.29, 1.82) is 0 Å². The number of carbonyl (C=O) groups excluding carboxylic acids is 1. The lowest BCUT2D eigenvalue weighted by Crippen LogP contribution is -2.34. The normalized spacial score (nSPS) is 12.5. The van der Waals surface area contributed by atoms with Crippen molar-refractivity contribution in [3.8, 4) is 0 Å². The van der Waals surface area contributed by atoms with Crippen molar-refractivity contribution in [3.63, 3.8) is 0 Å². The lowest BCUT2D eigenvalue weighted by molar-refractivity contribution is -0.140. The maximum absolute atomic E-state index is 11.0. The number of hydrogen-bond donors (Lipinski definition) is 3. The van der Waals surface area contributed by atoms with Crippen molar-refractivity contribution in [3.05, 3.63) is 48.5 Å². The minimum atomic E-state index is -0.227. The fourth-order valence-electron chi connectivity index (χ4n) is 2.08. The number of guanidine groups is 1. The quantitative estimate of drug-likeness (QED) is 0.227. The van der Waals surface area contributed by atoms with Crippen LogP contribution < -0.4 is 16.4 Å². The van der Waals surface area contributed by atoms with Gasteiger partial charge < -0.3 is 25.5 Å². The van der Waals surface area contributed by atoms with Crippen molar-refractivity contribution < 1.29 is 13.9 Å². The Morgan fingerprint density at radius 2 is 2.23 bits per heavy atom. The SMILES string of the molecule is CN=C(NC=CC=C(N)c1nc2ccccc2o1)NCCCC(=O)OC. The van der Waals surface area contributed by atoms with Gasteiger partial charge in [-0.05, 0) is 30.7 Å². The molecule has 1 aromatic carbocycles. The van der Waals surface area contributed by atoms with E-state index in [0.29, 0.717) is 42.5 Å². The molecule has 0 amide bonds. The summed E-state index contributed by atoms with van der Waals surface area (Å²) in [5, 5.41) is 6.08. The minimum absolute atomic E-state index is 0.227. The number of fused-ring (bicyclic) bond motifs is 1. The van der Waals surface area contributed by atoms with Crippen LogP contribution in [0, 0.1) is 0 Å². The van der Waals surface area contributed by atoms with Crippen LogP contribution in [0.3, 0.4) is 0 Å². The number of aliphatic imine (C=N–C) groups is 1. The van der Waals surface area contributed by atoms with Crippen LogP contribution in [-0.2, 0) is 9.53 Å². The minimum Gasteiger partial charge on any atom is -0.469 e. The fourth-order valence-corrected chi connectivity index (χ4v) is 2.08. The monoisotopic (exact) mass is 357 g/mol. The van der Waals surface area contributed by atoms with Gasteiger partial charge in [-0.15, -0.1) is 0 Å². The highest BCUT2D eigenvalue weighted by molar-refractivity contribution is 5.80. The summed E-state index contributed by atoms with van der Waals surface area (Å²) >= 11 is 0. The van der Waals surface area contributed by atoms with E-state index >= 15 is 0 Å². The maximum Gasteiger partial charge on any atom is 0.305 e. The molecule has 1 aromatic heterocycles. The zero-order chi connectivity index (χ0) is 18.8. The average molecular weight is 357 g/mol. The molecule has 2 aromatic rings. The van der Waals surface area contributed by atoms with E-state index in [9.17, 15) is 4.79 Å². The number of allylic oxidation sites excluding steroid dienone is 2.